The van der Waals surface area contributed by atoms with Gasteiger partial charge in [0.15, 0.2) is 6.10 Å². The third-order valence-corrected chi connectivity index (χ3v) is 4.45. The van der Waals surface area contributed by atoms with Gasteiger partial charge in [-0.1, -0.05) is 13.8 Å². The predicted octanol–water partition coefficient (Wildman–Crippen LogP) is 2.35. The Morgan fingerprint density at radius 3 is 2.47 bits per heavy atom. The average Bonchev–Trinajstić information content (AvgIpc) is 3.26. The summed E-state index contributed by atoms with van der Waals surface area (Å²) in [5.41, 5.74) is -0.474. The summed E-state index contributed by atoms with van der Waals surface area (Å²) in [6.07, 6.45) is -4.30. The maximum absolute atomic E-state index is 12.0. The fraction of sp³-hybridized carbons (Fsp3) is 0.429. The first-order chi connectivity index (χ1) is 15.3. The van der Waals surface area contributed by atoms with Crippen LogP contribution in [0.5, 0.6) is 5.75 Å². The minimum absolute atomic E-state index is 0.0222. The smallest absolute Gasteiger partial charge is 0.463 e. The van der Waals surface area contributed by atoms with Crippen LogP contribution < -0.4 is 15.7 Å². The quantitative estimate of drug-likeness (QED) is 0.534. The van der Waals surface area contributed by atoms with E-state index >= 15 is 0 Å². The van der Waals surface area contributed by atoms with Crippen LogP contribution in [0, 0.1) is 0 Å². The molecule has 2 aromatic rings. The second-order valence-electron chi connectivity index (χ2n) is 6.71. The molecule has 0 spiro atoms. The first-order valence-corrected chi connectivity index (χ1v) is 9.98. The topological polar surface area (TPSA) is 140 Å². The molecular formula is C21H23NO10. The molecule has 0 radical (unpaired) electrons. The Kier molecular flexibility index (Phi) is 6.98. The zero-order chi connectivity index (χ0) is 23.4. The highest BCUT2D eigenvalue weighted by molar-refractivity contribution is 5.91. The van der Waals surface area contributed by atoms with E-state index in [2.05, 4.69) is 5.32 Å². The highest BCUT2D eigenvalue weighted by Crippen LogP contribution is 2.34. The molecule has 1 aromatic carbocycles. The van der Waals surface area contributed by atoms with Crippen molar-refractivity contribution >= 4 is 34.7 Å². The molecule has 172 valence electrons. The SMILES string of the molecule is CC.CC(=O)Nc1cc2ccc(OC3OC(COC(C)=O)C4OC(=O)OC34)cc2oc1=O. The molecule has 1 N–H and O–H groups in total. The second kappa shape index (κ2) is 9.69. The van der Waals surface area contributed by atoms with Gasteiger partial charge in [0.25, 0.3) is 0 Å². The van der Waals surface area contributed by atoms with Crippen LogP contribution in [0.4, 0.5) is 10.5 Å². The van der Waals surface area contributed by atoms with Crippen molar-refractivity contribution in [3.05, 3.63) is 34.7 Å². The van der Waals surface area contributed by atoms with Crippen molar-refractivity contribution in [2.75, 3.05) is 11.9 Å². The van der Waals surface area contributed by atoms with E-state index in [1.54, 1.807) is 12.1 Å². The Bertz CT molecular complexity index is 1080. The van der Waals surface area contributed by atoms with Gasteiger partial charge in [-0.05, 0) is 18.2 Å². The van der Waals surface area contributed by atoms with Crippen molar-refractivity contribution < 1.29 is 42.5 Å². The summed E-state index contributed by atoms with van der Waals surface area (Å²) >= 11 is 0. The summed E-state index contributed by atoms with van der Waals surface area (Å²) in [7, 11) is 0. The van der Waals surface area contributed by atoms with E-state index in [1.165, 1.54) is 26.0 Å². The van der Waals surface area contributed by atoms with E-state index in [0.29, 0.717) is 5.39 Å². The minimum atomic E-state index is -1.02. The molecule has 2 saturated heterocycles. The molecule has 0 saturated carbocycles. The number of hydrogen-bond donors (Lipinski definition) is 1. The molecule has 4 rings (SSSR count). The standard InChI is InChI=1S/C19H17NO10.C2H6/c1-8(21)20-12-5-10-3-4-11(6-13(10)27-17(12)23)26-18-16-15(29-19(24)30-16)14(28-18)7-25-9(2)22;1-2/h3-6,14-16,18H,7H2,1-2H3,(H,20,21);1-2H3. The monoisotopic (exact) mass is 449 g/mol. The van der Waals surface area contributed by atoms with Gasteiger partial charge in [-0.3, -0.25) is 9.59 Å². The van der Waals surface area contributed by atoms with E-state index in [9.17, 15) is 19.2 Å². The molecular weight excluding hydrogens is 426 g/mol. The van der Waals surface area contributed by atoms with Gasteiger partial charge in [-0.25, -0.2) is 9.59 Å². The Balaban J connectivity index is 0.00000141. The van der Waals surface area contributed by atoms with Gasteiger partial charge in [0, 0.05) is 25.3 Å². The first-order valence-electron chi connectivity index (χ1n) is 9.98. The van der Waals surface area contributed by atoms with Gasteiger partial charge in [0.05, 0.1) is 0 Å². The van der Waals surface area contributed by atoms with E-state index in [0.717, 1.165) is 0 Å². The lowest BCUT2D eigenvalue weighted by Gasteiger charge is -2.18. The van der Waals surface area contributed by atoms with Crippen LogP contribution in [0.1, 0.15) is 27.7 Å². The van der Waals surface area contributed by atoms with Crippen LogP contribution in [0.2, 0.25) is 0 Å². The Morgan fingerprint density at radius 2 is 1.78 bits per heavy atom. The molecule has 0 bridgehead atoms. The van der Waals surface area contributed by atoms with Gasteiger partial charge in [-0.15, -0.1) is 0 Å². The molecule has 2 aliphatic rings. The predicted molar refractivity (Wildman–Crippen MR) is 109 cm³/mol. The number of hydrogen-bond acceptors (Lipinski definition) is 10. The molecule has 2 fully saturated rings. The highest BCUT2D eigenvalue weighted by atomic mass is 16.8. The number of carbonyl (C=O) groups excluding carboxylic acids is 3. The summed E-state index contributed by atoms with van der Waals surface area (Å²) in [5, 5.41) is 2.95. The van der Waals surface area contributed by atoms with Crippen molar-refractivity contribution in [2.45, 2.75) is 52.3 Å². The number of anilines is 1. The molecule has 1 amide bonds. The Labute approximate surface area is 182 Å². The van der Waals surface area contributed by atoms with Crippen LogP contribution >= 0.6 is 0 Å². The maximum Gasteiger partial charge on any atom is 0.509 e. The lowest BCUT2D eigenvalue weighted by atomic mass is 10.1. The summed E-state index contributed by atoms with van der Waals surface area (Å²) in [5.74, 6) is -0.628. The lowest BCUT2D eigenvalue weighted by Crippen LogP contribution is -2.33. The molecule has 4 atom stereocenters. The molecule has 2 aliphatic heterocycles. The summed E-state index contributed by atoms with van der Waals surface area (Å²) in [6, 6.07) is 6.16. The first kappa shape index (κ1) is 23.1. The molecule has 3 heterocycles. The lowest BCUT2D eigenvalue weighted by molar-refractivity contribution is -0.154. The van der Waals surface area contributed by atoms with Crippen molar-refractivity contribution in [1.82, 2.24) is 0 Å². The van der Waals surface area contributed by atoms with Gasteiger partial charge < -0.3 is 33.4 Å². The zero-order valence-corrected chi connectivity index (χ0v) is 17.9. The van der Waals surface area contributed by atoms with Crippen molar-refractivity contribution in [3.63, 3.8) is 0 Å². The van der Waals surface area contributed by atoms with Crippen LogP contribution in [-0.4, -0.2) is 49.2 Å². The molecule has 32 heavy (non-hydrogen) atoms. The fourth-order valence-corrected chi connectivity index (χ4v) is 3.21. The number of nitrogens with one attached hydrogen (secondary N) is 1. The van der Waals surface area contributed by atoms with Crippen LogP contribution in [-0.2, 0) is 28.5 Å². The highest BCUT2D eigenvalue weighted by Gasteiger charge is 2.56. The third-order valence-electron chi connectivity index (χ3n) is 4.45. The van der Waals surface area contributed by atoms with Crippen LogP contribution in [0.15, 0.2) is 33.5 Å². The van der Waals surface area contributed by atoms with Gasteiger partial charge >= 0.3 is 17.8 Å². The normalized spacial score (nSPS) is 23.3. The van der Waals surface area contributed by atoms with Gasteiger partial charge in [-0.2, -0.15) is 0 Å². The summed E-state index contributed by atoms with van der Waals surface area (Å²) < 4.78 is 31.8. The van der Waals surface area contributed by atoms with Crippen LogP contribution in [0.25, 0.3) is 11.0 Å². The summed E-state index contributed by atoms with van der Waals surface area (Å²) in [6.45, 7) is 6.40. The number of rotatable bonds is 5. The third kappa shape index (κ3) is 4.99. The van der Waals surface area contributed by atoms with Crippen LogP contribution in [0.3, 0.4) is 0 Å². The second-order valence-corrected chi connectivity index (χ2v) is 6.71. The molecule has 11 nitrogen and oxygen atoms in total. The van der Waals surface area contributed by atoms with Crippen molar-refractivity contribution in [2.24, 2.45) is 0 Å². The molecule has 1 aromatic heterocycles. The van der Waals surface area contributed by atoms with Crippen molar-refractivity contribution in [1.29, 1.82) is 0 Å². The number of esters is 1. The largest absolute Gasteiger partial charge is 0.509 e. The van der Waals surface area contributed by atoms with Crippen molar-refractivity contribution in [3.8, 4) is 5.75 Å². The van der Waals surface area contributed by atoms with E-state index in [-0.39, 0.29) is 23.6 Å². The van der Waals surface area contributed by atoms with E-state index in [4.69, 9.17) is 28.1 Å². The fourth-order valence-electron chi connectivity index (χ4n) is 3.21. The number of amides is 1. The van der Waals surface area contributed by atoms with Gasteiger partial charge in [0.2, 0.25) is 18.3 Å². The minimum Gasteiger partial charge on any atom is -0.463 e. The zero-order valence-electron chi connectivity index (χ0n) is 17.9. The number of carbonyl (C=O) groups is 3. The summed E-state index contributed by atoms with van der Waals surface area (Å²) in [4.78, 5) is 45.8. The average molecular weight is 449 g/mol. The number of fused-ring (bicyclic) bond motifs is 2. The number of benzene rings is 1. The molecule has 11 heteroatoms. The molecule has 4 unspecified atom stereocenters. The van der Waals surface area contributed by atoms with E-state index in [1.807, 2.05) is 13.8 Å². The Morgan fingerprint density at radius 1 is 1.06 bits per heavy atom. The Hall–Kier alpha value is -3.60. The number of ether oxygens (including phenoxy) is 5. The van der Waals surface area contributed by atoms with Gasteiger partial charge in [0.1, 0.15) is 29.7 Å². The van der Waals surface area contributed by atoms with E-state index < -0.39 is 48.3 Å². The molecule has 0 aliphatic carbocycles. The maximum atomic E-state index is 12.0.